The lowest BCUT2D eigenvalue weighted by Gasteiger charge is -2.13. The van der Waals surface area contributed by atoms with Crippen molar-refractivity contribution >= 4 is 34.5 Å². The van der Waals surface area contributed by atoms with Gasteiger partial charge < -0.3 is 10.5 Å². The van der Waals surface area contributed by atoms with Crippen LogP contribution in [0, 0.1) is 21.4 Å². The van der Waals surface area contributed by atoms with Crippen molar-refractivity contribution in [2.75, 3.05) is 0 Å². The smallest absolute Gasteiger partial charge is 0.319 e. The molecule has 9 heteroatoms. The van der Waals surface area contributed by atoms with Crippen LogP contribution in [0.2, 0.25) is 0 Å². The Balaban J connectivity index is 2.02. The summed E-state index contributed by atoms with van der Waals surface area (Å²) in [5.41, 5.74) is 5.58. The molecule has 0 aliphatic rings. The molecule has 0 heterocycles. The number of amides is 3. The van der Waals surface area contributed by atoms with Crippen molar-refractivity contribution in [2.45, 2.75) is 6.61 Å². The third kappa shape index (κ3) is 5.02. The third-order valence-corrected chi connectivity index (χ3v) is 4.34. The molecule has 154 valence electrons. The second kappa shape index (κ2) is 9.19. The van der Waals surface area contributed by atoms with Crippen LogP contribution in [0.15, 0.2) is 66.2 Å². The summed E-state index contributed by atoms with van der Waals surface area (Å²) in [6.45, 7) is 0.0240. The highest BCUT2D eigenvalue weighted by Gasteiger charge is 2.15. The second-order valence-corrected chi connectivity index (χ2v) is 6.40. The van der Waals surface area contributed by atoms with Gasteiger partial charge in [-0.3, -0.25) is 20.2 Å². The molecule has 3 aromatic rings. The van der Waals surface area contributed by atoms with E-state index in [1.54, 1.807) is 36.4 Å². The average molecular weight is 416 g/mol. The molecular formula is C22H16N4O5. The number of nitrogens with zero attached hydrogens (tertiary/aromatic N) is 2. The molecular weight excluding hydrogens is 400 g/mol. The zero-order valence-electron chi connectivity index (χ0n) is 16.1. The lowest BCUT2D eigenvalue weighted by molar-refractivity contribution is -0.384. The normalized spacial score (nSPS) is 10.9. The molecule has 0 unspecified atom stereocenters. The van der Waals surface area contributed by atoms with Crippen LogP contribution in [0.4, 0.5) is 10.5 Å². The maximum Gasteiger partial charge on any atom is 0.319 e. The lowest BCUT2D eigenvalue weighted by Crippen LogP contribution is -2.35. The summed E-state index contributed by atoms with van der Waals surface area (Å²) in [5.74, 6) is -0.586. The Morgan fingerprint density at radius 3 is 2.65 bits per heavy atom. The van der Waals surface area contributed by atoms with Crippen molar-refractivity contribution in [3.05, 3.63) is 87.5 Å². The van der Waals surface area contributed by atoms with E-state index in [-0.39, 0.29) is 17.9 Å². The molecule has 3 aromatic carbocycles. The first-order valence-electron chi connectivity index (χ1n) is 8.99. The number of nitriles is 1. The minimum absolute atomic E-state index is 0.0240. The van der Waals surface area contributed by atoms with E-state index in [0.717, 1.165) is 5.39 Å². The Morgan fingerprint density at radius 2 is 1.94 bits per heavy atom. The Bertz CT molecular complexity index is 1260. The molecule has 0 bridgehead atoms. The summed E-state index contributed by atoms with van der Waals surface area (Å²) in [4.78, 5) is 33.6. The van der Waals surface area contributed by atoms with Crippen molar-refractivity contribution in [2.24, 2.45) is 5.73 Å². The number of nitro benzene ring substituents is 1. The number of carbonyl (C=O) groups excluding carboxylic acids is 2. The highest BCUT2D eigenvalue weighted by molar-refractivity contribution is 6.10. The summed E-state index contributed by atoms with van der Waals surface area (Å²) < 4.78 is 5.87. The fourth-order valence-electron chi connectivity index (χ4n) is 2.94. The SMILES string of the molecule is N#C/C(=C/c1c(OCc2cccc([N+](=O)[O-])c2)ccc2ccccc12)C(=O)NC(N)=O. The molecule has 0 aliphatic heterocycles. The molecule has 0 aromatic heterocycles. The molecule has 0 spiro atoms. The van der Waals surface area contributed by atoms with Crippen molar-refractivity contribution in [1.29, 1.82) is 5.26 Å². The van der Waals surface area contributed by atoms with Crippen LogP contribution in [-0.2, 0) is 11.4 Å². The van der Waals surface area contributed by atoms with E-state index in [1.165, 1.54) is 18.2 Å². The molecule has 0 radical (unpaired) electrons. The Kier molecular flexibility index (Phi) is 6.23. The average Bonchev–Trinajstić information content (AvgIpc) is 2.76. The zero-order valence-corrected chi connectivity index (χ0v) is 16.1. The number of hydrogen-bond donors (Lipinski definition) is 2. The van der Waals surface area contributed by atoms with E-state index in [4.69, 9.17) is 10.5 Å². The van der Waals surface area contributed by atoms with E-state index >= 15 is 0 Å². The summed E-state index contributed by atoms with van der Waals surface area (Å²) in [6.07, 6.45) is 1.31. The summed E-state index contributed by atoms with van der Waals surface area (Å²) in [6, 6.07) is 17.5. The number of nitrogens with two attached hydrogens (primary N) is 1. The van der Waals surface area contributed by atoms with E-state index in [1.807, 2.05) is 23.5 Å². The Morgan fingerprint density at radius 1 is 1.16 bits per heavy atom. The van der Waals surface area contributed by atoms with Gasteiger partial charge in [-0.2, -0.15) is 5.26 Å². The number of ether oxygens (including phenoxy) is 1. The molecule has 31 heavy (non-hydrogen) atoms. The van der Waals surface area contributed by atoms with Gasteiger partial charge in [0.25, 0.3) is 11.6 Å². The maximum atomic E-state index is 12.1. The topological polar surface area (TPSA) is 148 Å². The first kappa shape index (κ1) is 21.0. The first-order chi connectivity index (χ1) is 14.9. The first-order valence-corrected chi connectivity index (χ1v) is 8.99. The largest absolute Gasteiger partial charge is 0.488 e. The van der Waals surface area contributed by atoms with Crippen molar-refractivity contribution < 1.29 is 19.2 Å². The monoisotopic (exact) mass is 416 g/mol. The molecule has 0 fully saturated rings. The molecule has 9 nitrogen and oxygen atoms in total. The number of rotatable bonds is 6. The molecule has 0 saturated carbocycles. The number of fused-ring (bicyclic) bond motifs is 1. The number of imide groups is 1. The number of nitro groups is 1. The molecule has 0 aliphatic carbocycles. The van der Waals surface area contributed by atoms with Crippen molar-refractivity contribution in [3.8, 4) is 11.8 Å². The summed E-state index contributed by atoms with van der Waals surface area (Å²) in [7, 11) is 0. The van der Waals surface area contributed by atoms with Gasteiger partial charge in [0, 0.05) is 17.7 Å². The van der Waals surface area contributed by atoms with Gasteiger partial charge in [-0.25, -0.2) is 4.79 Å². The number of nitrogens with one attached hydrogen (secondary N) is 1. The van der Waals surface area contributed by atoms with E-state index in [0.29, 0.717) is 22.3 Å². The van der Waals surface area contributed by atoms with Crippen LogP contribution in [0.25, 0.3) is 16.8 Å². The van der Waals surface area contributed by atoms with Gasteiger partial charge in [0.2, 0.25) is 0 Å². The Labute approximate surface area is 176 Å². The Hall–Kier alpha value is -4.71. The number of hydrogen-bond acceptors (Lipinski definition) is 6. The van der Waals surface area contributed by atoms with Crippen LogP contribution < -0.4 is 15.8 Å². The standard InChI is InChI=1S/C22H16N4O5/c23-12-16(21(27)25-22(24)28)11-19-18-7-2-1-5-15(18)8-9-20(19)31-13-14-4-3-6-17(10-14)26(29)30/h1-11H,13H2,(H3,24,25,27,28)/b16-11-. The minimum Gasteiger partial charge on any atom is -0.488 e. The highest BCUT2D eigenvalue weighted by atomic mass is 16.6. The van der Waals surface area contributed by atoms with E-state index in [2.05, 4.69) is 0 Å². The fourth-order valence-corrected chi connectivity index (χ4v) is 2.94. The van der Waals surface area contributed by atoms with Gasteiger partial charge in [0.1, 0.15) is 24.0 Å². The van der Waals surface area contributed by atoms with Gasteiger partial charge in [-0.1, -0.05) is 42.5 Å². The third-order valence-electron chi connectivity index (χ3n) is 4.34. The second-order valence-electron chi connectivity index (χ2n) is 6.40. The molecule has 0 saturated heterocycles. The molecule has 3 amide bonds. The van der Waals surface area contributed by atoms with Crippen LogP contribution in [0.1, 0.15) is 11.1 Å². The fraction of sp³-hybridized carbons (Fsp3) is 0.0455. The predicted molar refractivity (Wildman–Crippen MR) is 113 cm³/mol. The maximum absolute atomic E-state index is 12.1. The number of non-ortho nitro benzene ring substituents is 1. The van der Waals surface area contributed by atoms with Gasteiger partial charge >= 0.3 is 6.03 Å². The van der Waals surface area contributed by atoms with Gasteiger partial charge in [-0.05, 0) is 28.5 Å². The molecule has 3 rings (SSSR count). The molecule has 3 N–H and O–H groups in total. The number of carbonyl (C=O) groups is 2. The van der Waals surface area contributed by atoms with Crippen molar-refractivity contribution in [1.82, 2.24) is 5.32 Å². The van der Waals surface area contributed by atoms with Crippen LogP contribution in [0.5, 0.6) is 5.75 Å². The summed E-state index contributed by atoms with van der Waals surface area (Å²) in [5, 5.41) is 23.8. The van der Waals surface area contributed by atoms with Crippen LogP contribution >= 0.6 is 0 Å². The summed E-state index contributed by atoms with van der Waals surface area (Å²) >= 11 is 0. The quantitative estimate of drug-likeness (QED) is 0.272. The number of benzene rings is 3. The van der Waals surface area contributed by atoms with Crippen LogP contribution in [-0.4, -0.2) is 16.9 Å². The van der Waals surface area contributed by atoms with Gasteiger partial charge in [0.05, 0.1) is 4.92 Å². The zero-order chi connectivity index (χ0) is 22.4. The number of primary amides is 1. The molecule has 0 atom stereocenters. The van der Waals surface area contributed by atoms with Gasteiger partial charge in [-0.15, -0.1) is 0 Å². The van der Waals surface area contributed by atoms with E-state index < -0.39 is 16.9 Å². The highest BCUT2D eigenvalue weighted by Crippen LogP contribution is 2.31. The van der Waals surface area contributed by atoms with Gasteiger partial charge in [0.15, 0.2) is 0 Å². The minimum atomic E-state index is -1.08. The van der Waals surface area contributed by atoms with Crippen molar-refractivity contribution in [3.63, 3.8) is 0 Å². The number of urea groups is 1. The predicted octanol–water partition coefficient (Wildman–Crippen LogP) is 3.43. The van der Waals surface area contributed by atoms with E-state index in [9.17, 15) is 25.0 Å². The lowest BCUT2D eigenvalue weighted by atomic mass is 10.0. The van der Waals surface area contributed by atoms with Crippen LogP contribution in [0.3, 0.4) is 0 Å².